The maximum atomic E-state index is 11.9. The van der Waals surface area contributed by atoms with Crippen LogP contribution < -0.4 is 21.2 Å². The molecule has 2 saturated heterocycles. The van der Waals surface area contributed by atoms with E-state index >= 15 is 0 Å². The van der Waals surface area contributed by atoms with E-state index in [0.717, 1.165) is 10.3 Å². The first-order valence-electron chi connectivity index (χ1n) is 7.58. The van der Waals surface area contributed by atoms with E-state index < -0.39 is 6.10 Å². The fraction of sp³-hybridized carbons (Fsp3) is 0.588. The normalized spacial score (nSPS) is 36.7. The number of aliphatic hydroxyl groups is 1. The molecule has 0 aromatic heterocycles. The number of alkyl halides is 2. The first-order chi connectivity index (χ1) is 10.0. The Morgan fingerprint density at radius 2 is 2.19 bits per heavy atom. The van der Waals surface area contributed by atoms with Gasteiger partial charge >= 0.3 is 142 Å². The molecule has 0 spiro atoms. The van der Waals surface area contributed by atoms with E-state index in [9.17, 15) is 9.90 Å². The van der Waals surface area contributed by atoms with Gasteiger partial charge in [0.1, 0.15) is 0 Å². The Hall–Kier alpha value is -0.0700. The van der Waals surface area contributed by atoms with Crippen molar-refractivity contribution >= 4 is 16.9 Å². The molecule has 1 N–H and O–H groups in total. The van der Waals surface area contributed by atoms with Crippen molar-refractivity contribution in [2.24, 2.45) is 5.92 Å². The van der Waals surface area contributed by atoms with E-state index in [-0.39, 0.29) is 37.0 Å². The first-order valence-corrected chi connectivity index (χ1v) is 11.2. The molecule has 4 atom stereocenters. The Balaban J connectivity index is 1.86. The summed E-state index contributed by atoms with van der Waals surface area (Å²) >= 11 is 1.63. The van der Waals surface area contributed by atoms with E-state index in [1.807, 2.05) is 13.8 Å². The predicted octanol–water partition coefficient (Wildman–Crippen LogP) is 0.182. The molecule has 1 aromatic rings. The van der Waals surface area contributed by atoms with Crippen molar-refractivity contribution < 1.29 is 31.1 Å². The SMILES string of the molecule is CC1C(=O)S[C@](C)(Cc2ccccc2C2CCC[I-]2)C1O. The number of halogens is 1. The second kappa shape index (κ2) is 6.20. The molecule has 21 heavy (non-hydrogen) atoms. The van der Waals surface area contributed by atoms with Crippen LogP contribution in [0.25, 0.3) is 0 Å². The van der Waals surface area contributed by atoms with Gasteiger partial charge in [-0.2, -0.15) is 0 Å². The van der Waals surface area contributed by atoms with E-state index in [1.165, 1.54) is 40.2 Å². The van der Waals surface area contributed by atoms with Crippen LogP contribution in [-0.4, -0.2) is 25.5 Å². The van der Waals surface area contributed by atoms with Gasteiger partial charge in [0.05, 0.1) is 0 Å². The van der Waals surface area contributed by atoms with Crippen LogP contribution in [0.3, 0.4) is 0 Å². The van der Waals surface area contributed by atoms with Crippen molar-refractivity contribution in [1.82, 2.24) is 0 Å². The molecule has 0 radical (unpaired) electrons. The molecule has 2 aliphatic rings. The van der Waals surface area contributed by atoms with Crippen LogP contribution in [0.4, 0.5) is 0 Å². The standard InChI is InChI=1S/C17H22IO2S/c1-11-15(19)17(2,21-16(11)20)10-12-6-3-4-7-13(12)14-8-5-9-18-14/h3-4,6-7,11,14-15,19H,5,8-10H2,1-2H3/q-1/t11?,14?,15?,17-/m1/s1. The topological polar surface area (TPSA) is 37.3 Å². The summed E-state index contributed by atoms with van der Waals surface area (Å²) in [6, 6.07) is 8.69. The van der Waals surface area contributed by atoms with Gasteiger partial charge in [-0.1, -0.05) is 0 Å². The summed E-state index contributed by atoms with van der Waals surface area (Å²) in [5.41, 5.74) is 2.84. The van der Waals surface area contributed by atoms with Crippen molar-refractivity contribution in [3.63, 3.8) is 0 Å². The van der Waals surface area contributed by atoms with Crippen LogP contribution >= 0.6 is 11.8 Å². The molecule has 4 heteroatoms. The van der Waals surface area contributed by atoms with Gasteiger partial charge in [0.15, 0.2) is 0 Å². The fourth-order valence-corrected chi connectivity index (χ4v) is 8.26. The molecule has 3 unspecified atom stereocenters. The fourth-order valence-electron chi connectivity index (χ4n) is 3.34. The third-order valence-electron chi connectivity index (χ3n) is 4.63. The molecule has 3 rings (SSSR count). The predicted molar refractivity (Wildman–Crippen MR) is 83.2 cm³/mol. The van der Waals surface area contributed by atoms with Crippen molar-refractivity contribution in [3.05, 3.63) is 35.4 Å². The molecular formula is C17H22IO2S-. The number of carbonyl (C=O) groups is 1. The van der Waals surface area contributed by atoms with Gasteiger partial charge in [-0.3, -0.25) is 0 Å². The summed E-state index contributed by atoms with van der Waals surface area (Å²) in [4.78, 5) is 11.9. The molecule has 2 aliphatic heterocycles. The summed E-state index contributed by atoms with van der Waals surface area (Å²) < 4.78 is 1.84. The maximum absolute atomic E-state index is 11.9. The Labute approximate surface area is 141 Å². The zero-order valence-electron chi connectivity index (χ0n) is 12.5. The summed E-state index contributed by atoms with van der Waals surface area (Å²) in [6.07, 6.45) is 2.95. The minimum atomic E-state index is -0.540. The Morgan fingerprint density at radius 1 is 1.43 bits per heavy atom. The van der Waals surface area contributed by atoms with Gasteiger partial charge in [0, 0.05) is 0 Å². The minimum absolute atomic E-state index is 0.135. The number of hydrogen-bond acceptors (Lipinski definition) is 3. The summed E-state index contributed by atoms with van der Waals surface area (Å²) in [6.45, 7) is 3.89. The van der Waals surface area contributed by atoms with Gasteiger partial charge in [0.2, 0.25) is 0 Å². The molecule has 0 bridgehead atoms. The average Bonchev–Trinajstić information content (AvgIpc) is 3.05. The molecule has 0 amide bonds. The second-order valence-corrected chi connectivity index (χ2v) is 11.3. The molecule has 0 saturated carbocycles. The van der Waals surface area contributed by atoms with Gasteiger partial charge in [0.25, 0.3) is 0 Å². The van der Waals surface area contributed by atoms with E-state index in [1.54, 1.807) is 0 Å². The van der Waals surface area contributed by atoms with Gasteiger partial charge in [-0.25, -0.2) is 0 Å². The van der Waals surface area contributed by atoms with Gasteiger partial charge < -0.3 is 0 Å². The van der Waals surface area contributed by atoms with Crippen LogP contribution in [0.1, 0.15) is 41.7 Å². The third kappa shape index (κ3) is 3.04. The molecule has 2 heterocycles. The summed E-state index contributed by atoms with van der Waals surface area (Å²) in [7, 11) is 0. The van der Waals surface area contributed by atoms with Crippen LogP contribution in [0, 0.1) is 5.92 Å². The van der Waals surface area contributed by atoms with Crippen LogP contribution in [-0.2, 0) is 11.2 Å². The van der Waals surface area contributed by atoms with Crippen molar-refractivity contribution in [2.75, 3.05) is 4.43 Å². The monoisotopic (exact) mass is 417 g/mol. The van der Waals surface area contributed by atoms with E-state index in [4.69, 9.17) is 0 Å². The second-order valence-electron chi connectivity index (χ2n) is 6.30. The molecule has 1 aromatic carbocycles. The van der Waals surface area contributed by atoms with Crippen molar-refractivity contribution in [1.29, 1.82) is 0 Å². The number of hydrogen-bond donors (Lipinski definition) is 1. The number of thioether (sulfide) groups is 1. The van der Waals surface area contributed by atoms with Crippen LogP contribution in [0.5, 0.6) is 0 Å². The molecule has 2 nitrogen and oxygen atoms in total. The number of carbonyl (C=O) groups excluding carboxylic acids is 1. The Morgan fingerprint density at radius 3 is 2.81 bits per heavy atom. The third-order valence-corrected chi connectivity index (χ3v) is 9.79. The van der Waals surface area contributed by atoms with Crippen molar-refractivity contribution in [2.45, 2.75) is 47.9 Å². The molecular weight excluding hydrogens is 395 g/mol. The van der Waals surface area contributed by atoms with E-state index in [0.29, 0.717) is 0 Å². The number of benzene rings is 1. The first kappa shape index (κ1) is 15.8. The molecule has 2 fully saturated rings. The van der Waals surface area contributed by atoms with Gasteiger partial charge in [-0.05, 0) is 0 Å². The molecule has 0 aliphatic carbocycles. The zero-order chi connectivity index (χ0) is 15.0. The number of aliphatic hydroxyl groups excluding tert-OH is 1. The van der Waals surface area contributed by atoms with Gasteiger partial charge in [-0.15, -0.1) is 0 Å². The Bertz CT molecular complexity index is 541. The average molecular weight is 417 g/mol. The number of rotatable bonds is 3. The quantitative estimate of drug-likeness (QED) is 0.564. The summed E-state index contributed by atoms with van der Waals surface area (Å²) in [5.74, 6) is -0.244. The molecule has 116 valence electrons. The van der Waals surface area contributed by atoms with Crippen LogP contribution in [0.2, 0.25) is 0 Å². The Kier molecular flexibility index (Phi) is 4.67. The summed E-state index contributed by atoms with van der Waals surface area (Å²) in [5, 5.41) is 10.6. The van der Waals surface area contributed by atoms with E-state index in [2.05, 4.69) is 24.3 Å². The zero-order valence-corrected chi connectivity index (χ0v) is 15.5. The van der Waals surface area contributed by atoms with Crippen LogP contribution in [0.15, 0.2) is 24.3 Å². The van der Waals surface area contributed by atoms with Crippen molar-refractivity contribution in [3.8, 4) is 0 Å².